The molecule has 1 atom stereocenters. The van der Waals surface area contributed by atoms with Crippen LogP contribution in [-0.2, 0) is 0 Å². The molecule has 2 heterocycles. The van der Waals surface area contributed by atoms with Gasteiger partial charge in [-0.25, -0.2) is 4.98 Å². The lowest BCUT2D eigenvalue weighted by molar-refractivity contribution is 0.577. The summed E-state index contributed by atoms with van der Waals surface area (Å²) < 4.78 is 0. The van der Waals surface area contributed by atoms with Gasteiger partial charge in [-0.1, -0.05) is 37.1 Å². The minimum Gasteiger partial charge on any atom is -0.352 e. The van der Waals surface area contributed by atoms with Crippen LogP contribution in [0.5, 0.6) is 0 Å². The number of hydrogen-bond acceptors (Lipinski definition) is 3. The molecule has 3 heteroatoms. The highest BCUT2D eigenvalue weighted by Crippen LogP contribution is 2.28. The zero-order valence-electron chi connectivity index (χ0n) is 11.3. The minimum atomic E-state index is 0.431. The first kappa shape index (κ1) is 12.4. The van der Waals surface area contributed by atoms with Gasteiger partial charge in [-0.3, -0.25) is 0 Å². The summed E-state index contributed by atoms with van der Waals surface area (Å²) in [6, 6.07) is 11.0. The maximum Gasteiger partial charge on any atom is 0.136 e. The average molecular weight is 255 g/mol. The molecule has 0 spiro atoms. The van der Waals surface area contributed by atoms with E-state index in [1.54, 1.807) is 0 Å². The van der Waals surface area contributed by atoms with Crippen LogP contribution in [-0.4, -0.2) is 24.1 Å². The van der Waals surface area contributed by atoms with Crippen LogP contribution in [0.3, 0.4) is 0 Å². The van der Waals surface area contributed by atoms with E-state index in [-0.39, 0.29) is 0 Å². The third-order valence-electron chi connectivity index (χ3n) is 4.07. The van der Waals surface area contributed by atoms with Gasteiger partial charge in [0.25, 0.3) is 0 Å². The second-order valence-corrected chi connectivity index (χ2v) is 5.29. The summed E-state index contributed by atoms with van der Waals surface area (Å²) in [6.45, 7) is 1.79. The molecule has 0 amide bonds. The van der Waals surface area contributed by atoms with Gasteiger partial charge in [0.05, 0.1) is 0 Å². The third-order valence-corrected chi connectivity index (χ3v) is 4.07. The Hall–Kier alpha value is -1.61. The molecule has 1 fully saturated rings. The lowest BCUT2D eigenvalue weighted by Crippen LogP contribution is -2.40. The Morgan fingerprint density at radius 2 is 2.05 bits per heavy atom. The van der Waals surface area contributed by atoms with Crippen LogP contribution in [0.4, 0.5) is 5.82 Å². The summed E-state index contributed by atoms with van der Waals surface area (Å²) in [4.78, 5) is 7.07. The predicted molar refractivity (Wildman–Crippen MR) is 80.4 cm³/mol. The highest BCUT2D eigenvalue weighted by atomic mass is 15.2. The van der Waals surface area contributed by atoms with Gasteiger partial charge in [-0.15, -0.1) is 0 Å². The van der Waals surface area contributed by atoms with Crippen LogP contribution >= 0.6 is 0 Å². The second-order valence-electron chi connectivity index (χ2n) is 5.29. The normalized spacial score (nSPS) is 20.5. The lowest BCUT2D eigenvalue weighted by atomic mass is 10.1. The molecule has 1 aliphatic rings. The molecule has 3 nitrogen and oxygen atoms in total. The molecule has 0 aliphatic carbocycles. The Bertz CT molecular complexity index is 547. The fraction of sp³-hybridized carbons (Fsp3) is 0.438. The van der Waals surface area contributed by atoms with Crippen molar-refractivity contribution < 1.29 is 0 Å². The Labute approximate surface area is 114 Å². The molecule has 0 saturated carbocycles. The van der Waals surface area contributed by atoms with E-state index in [2.05, 4.69) is 40.2 Å². The van der Waals surface area contributed by atoms with Gasteiger partial charge in [-0.2, -0.15) is 0 Å². The number of benzene rings is 1. The van der Waals surface area contributed by atoms with Gasteiger partial charge in [0.15, 0.2) is 0 Å². The molecule has 1 saturated heterocycles. The molecule has 1 unspecified atom stereocenters. The molecule has 0 radical (unpaired) electrons. The number of aromatic nitrogens is 1. The standard InChI is InChI=1S/C16H21N3/c17-12-14-7-2-1-5-11-19(14)16-15-8-4-3-6-13(15)9-10-18-16/h3-4,6,8-10,14H,1-2,5,7,11-12,17H2. The second kappa shape index (κ2) is 5.57. The lowest BCUT2D eigenvalue weighted by Gasteiger charge is -2.31. The van der Waals surface area contributed by atoms with Crippen molar-refractivity contribution in [1.82, 2.24) is 4.98 Å². The van der Waals surface area contributed by atoms with Crippen molar-refractivity contribution in [3.05, 3.63) is 36.5 Å². The first-order chi connectivity index (χ1) is 9.40. The molecule has 100 valence electrons. The maximum absolute atomic E-state index is 5.98. The number of fused-ring (bicyclic) bond motifs is 1. The number of nitrogens with two attached hydrogens (primary N) is 1. The summed E-state index contributed by atoms with van der Waals surface area (Å²) >= 11 is 0. The largest absolute Gasteiger partial charge is 0.352 e. The first-order valence-corrected chi connectivity index (χ1v) is 7.20. The smallest absolute Gasteiger partial charge is 0.136 e. The molecule has 19 heavy (non-hydrogen) atoms. The van der Waals surface area contributed by atoms with Gasteiger partial charge in [-0.05, 0) is 24.3 Å². The van der Waals surface area contributed by atoms with Crippen LogP contribution in [0.15, 0.2) is 36.5 Å². The van der Waals surface area contributed by atoms with E-state index in [4.69, 9.17) is 5.73 Å². The molecule has 2 aromatic rings. The molecule has 1 aliphatic heterocycles. The van der Waals surface area contributed by atoms with Crippen LogP contribution in [0.2, 0.25) is 0 Å². The Morgan fingerprint density at radius 3 is 2.95 bits per heavy atom. The van der Waals surface area contributed by atoms with Crippen molar-refractivity contribution in [3.63, 3.8) is 0 Å². The number of rotatable bonds is 2. The van der Waals surface area contributed by atoms with Crippen LogP contribution in [0, 0.1) is 0 Å². The van der Waals surface area contributed by atoms with E-state index in [1.165, 1.54) is 36.5 Å². The van der Waals surface area contributed by atoms with E-state index in [0.29, 0.717) is 12.6 Å². The predicted octanol–water partition coefficient (Wildman–Crippen LogP) is 2.94. The Balaban J connectivity index is 2.06. The van der Waals surface area contributed by atoms with Crippen molar-refractivity contribution in [3.8, 4) is 0 Å². The van der Waals surface area contributed by atoms with Gasteiger partial charge < -0.3 is 10.6 Å². The molecule has 1 aromatic carbocycles. The maximum atomic E-state index is 5.98. The van der Waals surface area contributed by atoms with Crippen molar-refractivity contribution in [2.45, 2.75) is 31.7 Å². The zero-order valence-corrected chi connectivity index (χ0v) is 11.3. The molecule has 0 bridgehead atoms. The molecule has 3 rings (SSSR count). The van der Waals surface area contributed by atoms with Gasteiger partial charge in [0.2, 0.25) is 0 Å². The number of anilines is 1. The number of hydrogen-bond donors (Lipinski definition) is 1. The van der Waals surface area contributed by atoms with Gasteiger partial charge in [0, 0.05) is 30.7 Å². The zero-order chi connectivity index (χ0) is 13.1. The summed E-state index contributed by atoms with van der Waals surface area (Å²) in [5, 5.41) is 2.50. The summed E-state index contributed by atoms with van der Waals surface area (Å²) in [5.74, 6) is 1.11. The van der Waals surface area contributed by atoms with Crippen molar-refractivity contribution >= 4 is 16.6 Å². The van der Waals surface area contributed by atoms with Gasteiger partial charge >= 0.3 is 0 Å². The molecular formula is C16H21N3. The number of nitrogens with zero attached hydrogens (tertiary/aromatic N) is 2. The van der Waals surface area contributed by atoms with Gasteiger partial charge in [0.1, 0.15) is 5.82 Å². The fourth-order valence-electron chi connectivity index (χ4n) is 3.03. The van der Waals surface area contributed by atoms with E-state index < -0.39 is 0 Å². The van der Waals surface area contributed by atoms with E-state index >= 15 is 0 Å². The quantitative estimate of drug-likeness (QED) is 0.897. The SMILES string of the molecule is NCC1CCCCCN1c1nccc2ccccc12. The Kier molecular flexibility index (Phi) is 3.65. The molecular weight excluding hydrogens is 234 g/mol. The topological polar surface area (TPSA) is 42.1 Å². The Morgan fingerprint density at radius 1 is 1.16 bits per heavy atom. The first-order valence-electron chi connectivity index (χ1n) is 7.20. The average Bonchev–Trinajstić information content (AvgIpc) is 2.71. The van der Waals surface area contributed by atoms with Crippen molar-refractivity contribution in [2.75, 3.05) is 18.0 Å². The fourth-order valence-corrected chi connectivity index (χ4v) is 3.03. The number of pyridine rings is 1. The summed E-state index contributed by atoms with van der Waals surface area (Å²) in [5.41, 5.74) is 5.98. The third kappa shape index (κ3) is 2.43. The van der Waals surface area contributed by atoms with Crippen LogP contribution in [0.1, 0.15) is 25.7 Å². The monoisotopic (exact) mass is 255 g/mol. The van der Waals surface area contributed by atoms with Crippen molar-refractivity contribution in [2.24, 2.45) is 5.73 Å². The molecule has 2 N–H and O–H groups in total. The van der Waals surface area contributed by atoms with E-state index in [0.717, 1.165) is 12.4 Å². The molecule has 1 aromatic heterocycles. The van der Waals surface area contributed by atoms with E-state index in [1.807, 2.05) is 6.20 Å². The minimum absolute atomic E-state index is 0.431. The highest BCUT2D eigenvalue weighted by molar-refractivity contribution is 5.92. The van der Waals surface area contributed by atoms with Crippen LogP contribution in [0.25, 0.3) is 10.8 Å². The van der Waals surface area contributed by atoms with Crippen LogP contribution < -0.4 is 10.6 Å². The summed E-state index contributed by atoms with van der Waals surface area (Å²) in [7, 11) is 0. The highest BCUT2D eigenvalue weighted by Gasteiger charge is 2.22. The van der Waals surface area contributed by atoms with Crippen molar-refractivity contribution in [1.29, 1.82) is 0 Å². The van der Waals surface area contributed by atoms with E-state index in [9.17, 15) is 0 Å². The summed E-state index contributed by atoms with van der Waals surface area (Å²) in [6.07, 6.45) is 6.92.